The highest BCUT2D eigenvalue weighted by Gasteiger charge is 2.04. The number of hydrogen-bond acceptors (Lipinski definition) is 2. The second-order valence-electron chi connectivity index (χ2n) is 5.48. The molecular formula is C18H21ClN2O. The SMILES string of the molecule is CC(C)c1ccc(NC(=O)CCNc2ccccc2Cl)cc1. The molecule has 4 heteroatoms. The van der Waals surface area contributed by atoms with Gasteiger partial charge in [0.15, 0.2) is 0 Å². The number of amides is 1. The van der Waals surface area contributed by atoms with Crippen molar-refractivity contribution >= 4 is 28.9 Å². The van der Waals surface area contributed by atoms with E-state index in [0.717, 1.165) is 11.4 Å². The third kappa shape index (κ3) is 4.78. The van der Waals surface area contributed by atoms with Crippen molar-refractivity contribution in [3.63, 3.8) is 0 Å². The summed E-state index contributed by atoms with van der Waals surface area (Å²) in [6.07, 6.45) is 0.386. The zero-order chi connectivity index (χ0) is 15.9. The van der Waals surface area contributed by atoms with Crippen molar-refractivity contribution < 1.29 is 4.79 Å². The second-order valence-corrected chi connectivity index (χ2v) is 5.89. The van der Waals surface area contributed by atoms with Gasteiger partial charge < -0.3 is 10.6 Å². The highest BCUT2D eigenvalue weighted by Crippen LogP contribution is 2.20. The van der Waals surface area contributed by atoms with Gasteiger partial charge in [0, 0.05) is 18.7 Å². The first-order chi connectivity index (χ1) is 10.6. The van der Waals surface area contributed by atoms with Crippen LogP contribution >= 0.6 is 11.6 Å². The highest BCUT2D eigenvalue weighted by atomic mass is 35.5. The summed E-state index contributed by atoms with van der Waals surface area (Å²) in [6.45, 7) is 4.83. The van der Waals surface area contributed by atoms with Gasteiger partial charge in [-0.25, -0.2) is 0 Å². The molecule has 0 aliphatic carbocycles. The minimum absolute atomic E-state index is 0.0168. The van der Waals surface area contributed by atoms with Crippen LogP contribution in [0.2, 0.25) is 5.02 Å². The monoisotopic (exact) mass is 316 g/mol. The second kappa shape index (κ2) is 7.85. The van der Waals surface area contributed by atoms with Gasteiger partial charge in [-0.05, 0) is 35.7 Å². The number of carbonyl (C=O) groups excluding carboxylic acids is 1. The van der Waals surface area contributed by atoms with Gasteiger partial charge in [-0.15, -0.1) is 0 Å². The number of benzene rings is 2. The van der Waals surface area contributed by atoms with E-state index >= 15 is 0 Å². The lowest BCUT2D eigenvalue weighted by atomic mass is 10.0. The normalized spacial score (nSPS) is 10.5. The van der Waals surface area contributed by atoms with E-state index in [4.69, 9.17) is 11.6 Å². The molecule has 0 heterocycles. The molecule has 2 aromatic rings. The number of para-hydroxylation sites is 1. The van der Waals surface area contributed by atoms with Gasteiger partial charge in [0.05, 0.1) is 10.7 Å². The molecule has 3 nitrogen and oxygen atoms in total. The third-order valence-electron chi connectivity index (χ3n) is 3.40. The van der Waals surface area contributed by atoms with E-state index in [1.54, 1.807) is 0 Å². The Morgan fingerprint density at radius 1 is 1.09 bits per heavy atom. The summed E-state index contributed by atoms with van der Waals surface area (Å²) in [5.74, 6) is 0.474. The Labute approximate surface area is 136 Å². The first-order valence-electron chi connectivity index (χ1n) is 7.44. The topological polar surface area (TPSA) is 41.1 Å². The molecule has 2 rings (SSSR count). The van der Waals surface area contributed by atoms with Crippen molar-refractivity contribution in [2.24, 2.45) is 0 Å². The van der Waals surface area contributed by atoms with Gasteiger partial charge in [-0.1, -0.05) is 49.7 Å². The van der Waals surface area contributed by atoms with Crippen LogP contribution in [0.15, 0.2) is 48.5 Å². The predicted octanol–water partition coefficient (Wildman–Crippen LogP) is 4.90. The Balaban J connectivity index is 1.79. The number of anilines is 2. The number of carbonyl (C=O) groups is 1. The van der Waals surface area contributed by atoms with Crippen molar-refractivity contribution in [2.45, 2.75) is 26.2 Å². The molecule has 2 aromatic carbocycles. The van der Waals surface area contributed by atoms with Crippen molar-refractivity contribution in [1.29, 1.82) is 0 Å². The quantitative estimate of drug-likeness (QED) is 0.795. The molecule has 2 N–H and O–H groups in total. The lowest BCUT2D eigenvalue weighted by molar-refractivity contribution is -0.115. The fourth-order valence-corrected chi connectivity index (χ4v) is 2.29. The number of hydrogen-bond donors (Lipinski definition) is 2. The lowest BCUT2D eigenvalue weighted by Crippen LogP contribution is -2.16. The minimum Gasteiger partial charge on any atom is -0.383 e. The zero-order valence-corrected chi connectivity index (χ0v) is 13.7. The van der Waals surface area contributed by atoms with Crippen LogP contribution in [0.1, 0.15) is 31.7 Å². The molecular weight excluding hydrogens is 296 g/mol. The van der Waals surface area contributed by atoms with Crippen LogP contribution in [0.4, 0.5) is 11.4 Å². The first kappa shape index (κ1) is 16.4. The molecule has 116 valence electrons. The average molecular weight is 317 g/mol. The molecule has 0 saturated carbocycles. The summed E-state index contributed by atoms with van der Waals surface area (Å²) >= 11 is 6.05. The standard InChI is InChI=1S/C18H21ClN2O/c1-13(2)14-7-9-15(10-8-14)21-18(22)11-12-20-17-6-4-3-5-16(17)19/h3-10,13,20H,11-12H2,1-2H3,(H,21,22). The Kier molecular flexibility index (Phi) is 5.84. The van der Waals surface area contributed by atoms with E-state index < -0.39 is 0 Å². The van der Waals surface area contributed by atoms with Crippen LogP contribution in [0.25, 0.3) is 0 Å². The van der Waals surface area contributed by atoms with Crippen molar-refractivity contribution in [1.82, 2.24) is 0 Å². The summed E-state index contributed by atoms with van der Waals surface area (Å²) < 4.78 is 0. The molecule has 22 heavy (non-hydrogen) atoms. The number of nitrogens with one attached hydrogen (secondary N) is 2. The van der Waals surface area contributed by atoms with Gasteiger partial charge in [0.25, 0.3) is 0 Å². The summed E-state index contributed by atoms with van der Waals surface area (Å²) in [6, 6.07) is 15.5. The van der Waals surface area contributed by atoms with E-state index in [9.17, 15) is 4.79 Å². The van der Waals surface area contributed by atoms with E-state index in [1.165, 1.54) is 5.56 Å². The molecule has 0 aliphatic heterocycles. The van der Waals surface area contributed by atoms with Crippen LogP contribution in [0.3, 0.4) is 0 Å². The maximum Gasteiger partial charge on any atom is 0.226 e. The maximum atomic E-state index is 11.9. The Hall–Kier alpha value is -2.00. The van der Waals surface area contributed by atoms with Crippen molar-refractivity contribution in [2.75, 3.05) is 17.2 Å². The van der Waals surface area contributed by atoms with Gasteiger partial charge in [0.1, 0.15) is 0 Å². The fraction of sp³-hybridized carbons (Fsp3) is 0.278. The summed E-state index contributed by atoms with van der Waals surface area (Å²) in [7, 11) is 0. The Bertz CT molecular complexity index is 623. The molecule has 0 aromatic heterocycles. The molecule has 0 bridgehead atoms. The van der Waals surface area contributed by atoms with E-state index in [-0.39, 0.29) is 5.91 Å². The van der Waals surface area contributed by atoms with Crippen molar-refractivity contribution in [3.05, 3.63) is 59.1 Å². The molecule has 0 atom stereocenters. The van der Waals surface area contributed by atoms with Gasteiger partial charge in [-0.3, -0.25) is 4.79 Å². The van der Waals surface area contributed by atoms with Crippen LogP contribution < -0.4 is 10.6 Å². The molecule has 1 amide bonds. The highest BCUT2D eigenvalue weighted by molar-refractivity contribution is 6.33. The number of halogens is 1. The number of rotatable bonds is 6. The smallest absolute Gasteiger partial charge is 0.226 e. The summed E-state index contributed by atoms with van der Waals surface area (Å²) in [5.41, 5.74) is 2.93. The molecule has 0 saturated heterocycles. The molecule has 0 spiro atoms. The molecule has 0 unspecified atom stereocenters. The largest absolute Gasteiger partial charge is 0.383 e. The molecule has 0 radical (unpaired) electrons. The van der Waals surface area contributed by atoms with Crippen LogP contribution in [0.5, 0.6) is 0 Å². The fourth-order valence-electron chi connectivity index (χ4n) is 2.09. The van der Waals surface area contributed by atoms with Crippen molar-refractivity contribution in [3.8, 4) is 0 Å². The predicted molar refractivity (Wildman–Crippen MR) is 93.7 cm³/mol. The Morgan fingerprint density at radius 3 is 2.41 bits per heavy atom. The van der Waals surface area contributed by atoms with E-state index in [1.807, 2.05) is 48.5 Å². The first-order valence-corrected chi connectivity index (χ1v) is 7.82. The maximum absolute atomic E-state index is 11.9. The minimum atomic E-state index is -0.0168. The van der Waals surface area contributed by atoms with Crippen LogP contribution in [-0.4, -0.2) is 12.5 Å². The van der Waals surface area contributed by atoms with E-state index in [0.29, 0.717) is 23.9 Å². The van der Waals surface area contributed by atoms with Gasteiger partial charge in [0.2, 0.25) is 5.91 Å². The third-order valence-corrected chi connectivity index (χ3v) is 3.73. The lowest BCUT2D eigenvalue weighted by Gasteiger charge is -2.10. The summed E-state index contributed by atoms with van der Waals surface area (Å²) in [4.78, 5) is 11.9. The van der Waals surface area contributed by atoms with Gasteiger partial charge in [-0.2, -0.15) is 0 Å². The van der Waals surface area contributed by atoms with Gasteiger partial charge >= 0.3 is 0 Å². The van der Waals surface area contributed by atoms with Crippen LogP contribution in [-0.2, 0) is 4.79 Å². The van der Waals surface area contributed by atoms with Crippen LogP contribution in [0, 0.1) is 0 Å². The average Bonchev–Trinajstić information content (AvgIpc) is 2.50. The Morgan fingerprint density at radius 2 is 1.77 bits per heavy atom. The molecule has 0 aliphatic rings. The zero-order valence-electron chi connectivity index (χ0n) is 12.9. The van der Waals surface area contributed by atoms with E-state index in [2.05, 4.69) is 24.5 Å². The molecule has 0 fully saturated rings. The summed E-state index contributed by atoms with van der Waals surface area (Å²) in [5, 5.41) is 6.72.